The van der Waals surface area contributed by atoms with Gasteiger partial charge in [0.2, 0.25) is 0 Å². The van der Waals surface area contributed by atoms with Gasteiger partial charge in [0.1, 0.15) is 4.90 Å². The summed E-state index contributed by atoms with van der Waals surface area (Å²) < 4.78 is 32.4. The molecule has 0 bridgehead atoms. The first-order chi connectivity index (χ1) is 7.91. The average molecular weight is 306 g/mol. The monoisotopic (exact) mass is 306 g/mol. The first-order valence-electron chi connectivity index (χ1n) is 5.40. The smallest absolute Gasteiger partial charge is 0.282 e. The molecule has 0 heterocycles. The summed E-state index contributed by atoms with van der Waals surface area (Å²) in [6.45, 7) is 3.80. The number of hydrogen-bond acceptors (Lipinski definition) is 2. The van der Waals surface area contributed by atoms with Gasteiger partial charge < -0.3 is 0 Å². The Hall–Kier alpha value is -0.871. The van der Waals surface area contributed by atoms with E-state index in [2.05, 4.69) is 0 Å². The summed E-state index contributed by atoms with van der Waals surface area (Å²) in [5, 5.41) is 1.38. The van der Waals surface area contributed by atoms with E-state index in [1.807, 2.05) is 32.0 Å². The van der Waals surface area contributed by atoms with Crippen LogP contribution in [0.25, 0.3) is 10.8 Å². The van der Waals surface area contributed by atoms with E-state index in [9.17, 15) is 13.0 Å². The van der Waals surface area contributed by atoms with Crippen molar-refractivity contribution < 1.29 is 30.0 Å². The fourth-order valence-electron chi connectivity index (χ4n) is 2.00. The van der Waals surface area contributed by atoms with E-state index in [0.717, 1.165) is 5.39 Å². The molecule has 3 nitrogen and oxygen atoms in total. The maximum absolute atomic E-state index is 11.5. The molecule has 18 heavy (non-hydrogen) atoms. The molecule has 0 aliphatic rings. The molecule has 1 N–H and O–H groups in total. The van der Waals surface area contributed by atoms with Crippen LogP contribution >= 0.6 is 0 Å². The van der Waals surface area contributed by atoms with Gasteiger partial charge in [-0.3, -0.25) is 4.55 Å². The Morgan fingerprint density at radius 1 is 1.06 bits per heavy atom. The minimum Gasteiger partial charge on any atom is -0.282 e. The van der Waals surface area contributed by atoms with Crippen LogP contribution in [0.3, 0.4) is 0 Å². The van der Waals surface area contributed by atoms with Gasteiger partial charge in [0.25, 0.3) is 10.1 Å². The normalized spacial score (nSPS) is 11.6. The molecule has 0 aromatic heterocycles. The number of rotatable bonds is 2. The third-order valence-electron chi connectivity index (χ3n) is 2.79. The standard InChI is InChI=1S/C13H14O3S.Fe/c1-9(2)11-8-7-10-5-3-4-6-12(10)13(11)17(14,15)16;/h3-9H,1-2H3,(H,14,15,16);. The second-order valence-corrected chi connectivity index (χ2v) is 5.69. The molecule has 0 atom stereocenters. The maximum atomic E-state index is 11.5. The summed E-state index contributed by atoms with van der Waals surface area (Å²) in [6, 6.07) is 10.8. The summed E-state index contributed by atoms with van der Waals surface area (Å²) in [7, 11) is -4.21. The van der Waals surface area contributed by atoms with Gasteiger partial charge in [-0.15, -0.1) is 0 Å². The Bertz CT molecular complexity index is 663. The minimum atomic E-state index is -4.21. The van der Waals surface area contributed by atoms with Crippen LogP contribution in [0.5, 0.6) is 0 Å². The van der Waals surface area contributed by atoms with Crippen LogP contribution < -0.4 is 0 Å². The van der Waals surface area contributed by atoms with Crippen LogP contribution in [-0.2, 0) is 27.2 Å². The predicted octanol–water partition coefficient (Wildman–Crippen LogP) is 3.21. The molecular formula is C13H14FeO3S. The SMILES string of the molecule is CC(C)c1ccc2ccccc2c1S(=O)(=O)O.[Fe]. The van der Waals surface area contributed by atoms with Crippen LogP contribution in [-0.4, -0.2) is 13.0 Å². The number of fused-ring (bicyclic) bond motifs is 1. The van der Waals surface area contributed by atoms with Crippen molar-refractivity contribution in [3.05, 3.63) is 42.0 Å². The van der Waals surface area contributed by atoms with Crippen molar-refractivity contribution in [1.82, 2.24) is 0 Å². The first-order valence-corrected chi connectivity index (χ1v) is 6.84. The Morgan fingerprint density at radius 2 is 1.67 bits per heavy atom. The number of hydrogen-bond donors (Lipinski definition) is 1. The topological polar surface area (TPSA) is 54.4 Å². The summed E-state index contributed by atoms with van der Waals surface area (Å²) in [5.41, 5.74) is 0.645. The van der Waals surface area contributed by atoms with E-state index in [4.69, 9.17) is 0 Å². The van der Waals surface area contributed by atoms with Gasteiger partial charge in [-0.05, 0) is 16.9 Å². The van der Waals surface area contributed by atoms with Crippen LogP contribution in [0, 0.1) is 0 Å². The van der Waals surface area contributed by atoms with Crippen molar-refractivity contribution >= 4 is 20.9 Å². The largest absolute Gasteiger partial charge is 0.295 e. The van der Waals surface area contributed by atoms with Gasteiger partial charge in [0.15, 0.2) is 0 Å². The molecule has 0 fully saturated rings. The summed E-state index contributed by atoms with van der Waals surface area (Å²) in [4.78, 5) is 0.0330. The molecule has 98 valence electrons. The molecule has 2 aromatic rings. The zero-order chi connectivity index (χ0) is 12.6. The van der Waals surface area contributed by atoms with E-state index in [0.29, 0.717) is 10.9 Å². The fraction of sp³-hybridized carbons (Fsp3) is 0.231. The van der Waals surface area contributed by atoms with Gasteiger partial charge in [-0.25, -0.2) is 0 Å². The molecule has 0 saturated carbocycles. The van der Waals surface area contributed by atoms with E-state index in [-0.39, 0.29) is 27.9 Å². The molecule has 0 radical (unpaired) electrons. The van der Waals surface area contributed by atoms with E-state index in [1.165, 1.54) is 0 Å². The summed E-state index contributed by atoms with van der Waals surface area (Å²) in [6.07, 6.45) is 0. The Labute approximate surface area is 117 Å². The molecular weight excluding hydrogens is 292 g/mol. The van der Waals surface area contributed by atoms with E-state index < -0.39 is 10.1 Å². The summed E-state index contributed by atoms with van der Waals surface area (Å²) >= 11 is 0. The van der Waals surface area contributed by atoms with Crippen molar-refractivity contribution in [2.24, 2.45) is 0 Å². The Balaban J connectivity index is 0.00000162. The van der Waals surface area contributed by atoms with Gasteiger partial charge in [-0.2, -0.15) is 8.42 Å². The van der Waals surface area contributed by atoms with Gasteiger partial charge in [-0.1, -0.05) is 50.2 Å². The van der Waals surface area contributed by atoms with Crippen LogP contribution in [0.1, 0.15) is 25.3 Å². The van der Waals surface area contributed by atoms with Crippen molar-refractivity contribution in [2.45, 2.75) is 24.7 Å². The van der Waals surface area contributed by atoms with Crippen molar-refractivity contribution in [2.75, 3.05) is 0 Å². The zero-order valence-corrected chi connectivity index (χ0v) is 12.0. The zero-order valence-electron chi connectivity index (χ0n) is 10.1. The number of benzene rings is 2. The first kappa shape index (κ1) is 15.2. The molecule has 2 rings (SSSR count). The molecule has 0 spiro atoms. The molecule has 0 saturated heterocycles. The van der Waals surface area contributed by atoms with Crippen molar-refractivity contribution in [1.29, 1.82) is 0 Å². The minimum absolute atomic E-state index is 0. The van der Waals surface area contributed by atoms with Gasteiger partial charge in [0, 0.05) is 22.5 Å². The van der Waals surface area contributed by atoms with Crippen LogP contribution in [0.15, 0.2) is 41.3 Å². The van der Waals surface area contributed by atoms with E-state index in [1.54, 1.807) is 18.2 Å². The molecule has 0 unspecified atom stereocenters. The summed E-state index contributed by atoms with van der Waals surface area (Å²) in [5.74, 6) is 0.0385. The third kappa shape index (κ3) is 2.75. The second kappa shape index (κ2) is 5.41. The Morgan fingerprint density at radius 3 is 2.22 bits per heavy atom. The molecule has 5 heteroatoms. The van der Waals surface area contributed by atoms with Crippen LogP contribution in [0.2, 0.25) is 0 Å². The third-order valence-corrected chi connectivity index (χ3v) is 3.76. The molecule has 2 aromatic carbocycles. The quantitative estimate of drug-likeness (QED) is 0.685. The maximum Gasteiger partial charge on any atom is 0.295 e. The molecule has 0 amide bonds. The van der Waals surface area contributed by atoms with Crippen molar-refractivity contribution in [3.63, 3.8) is 0 Å². The molecule has 0 aliphatic carbocycles. The van der Waals surface area contributed by atoms with Gasteiger partial charge in [0.05, 0.1) is 0 Å². The fourth-order valence-corrected chi connectivity index (χ4v) is 3.07. The molecule has 0 aliphatic heterocycles. The average Bonchev–Trinajstić information content (AvgIpc) is 2.26. The van der Waals surface area contributed by atoms with Crippen LogP contribution in [0.4, 0.5) is 0 Å². The van der Waals surface area contributed by atoms with Crippen molar-refractivity contribution in [3.8, 4) is 0 Å². The predicted molar refractivity (Wildman–Crippen MR) is 67.9 cm³/mol. The van der Waals surface area contributed by atoms with E-state index >= 15 is 0 Å². The second-order valence-electron chi connectivity index (χ2n) is 4.33. The Kier molecular flexibility index (Phi) is 4.56. The van der Waals surface area contributed by atoms with Gasteiger partial charge >= 0.3 is 0 Å².